The molecule has 0 aliphatic heterocycles. The summed E-state index contributed by atoms with van der Waals surface area (Å²) < 4.78 is 4.90. The molecule has 132 valence electrons. The lowest BCUT2D eigenvalue weighted by molar-refractivity contribution is -0.385. The first-order chi connectivity index (χ1) is 12.5. The van der Waals surface area contributed by atoms with E-state index in [1.54, 1.807) is 37.3 Å². The minimum Gasteiger partial charge on any atom is -0.462 e. The monoisotopic (exact) mass is 353 g/mol. The highest BCUT2D eigenvalue weighted by Gasteiger charge is 2.22. The highest BCUT2D eigenvalue weighted by Crippen LogP contribution is 2.23. The standard InChI is InChI=1S/C18H15N3O5/c1-2-26-18(23)14-9-11(7-8-16(14)21(24)25)10-15-12-5-3-4-6-13(12)17(22)20-19-15/h3-9H,2,10H2,1H3,(H,20,22). The minimum atomic E-state index is -0.750. The number of nitrogens with zero attached hydrogens (tertiary/aromatic N) is 2. The molecule has 0 radical (unpaired) electrons. The Morgan fingerprint density at radius 2 is 1.96 bits per heavy atom. The van der Waals surface area contributed by atoms with Crippen LogP contribution in [0, 0.1) is 10.1 Å². The first-order valence-corrected chi connectivity index (χ1v) is 7.92. The maximum atomic E-state index is 12.0. The summed E-state index contributed by atoms with van der Waals surface area (Å²) in [6.45, 7) is 1.75. The Hall–Kier alpha value is -3.55. The third kappa shape index (κ3) is 3.30. The van der Waals surface area contributed by atoms with E-state index in [4.69, 9.17) is 4.74 Å². The van der Waals surface area contributed by atoms with E-state index in [-0.39, 0.29) is 23.4 Å². The van der Waals surface area contributed by atoms with Crippen LogP contribution >= 0.6 is 0 Å². The molecule has 0 bridgehead atoms. The van der Waals surface area contributed by atoms with Gasteiger partial charge in [0.15, 0.2) is 0 Å². The predicted octanol–water partition coefficient (Wildman–Crippen LogP) is 2.60. The fourth-order valence-corrected chi connectivity index (χ4v) is 2.72. The molecule has 3 rings (SSSR count). The molecule has 3 aromatic rings. The third-order valence-corrected chi connectivity index (χ3v) is 3.90. The van der Waals surface area contributed by atoms with Crippen LogP contribution < -0.4 is 5.56 Å². The first kappa shape index (κ1) is 17.3. The second-order valence-electron chi connectivity index (χ2n) is 5.55. The molecule has 0 unspecified atom stereocenters. The number of hydrogen-bond donors (Lipinski definition) is 1. The van der Waals surface area contributed by atoms with E-state index in [2.05, 4.69) is 10.2 Å². The van der Waals surface area contributed by atoms with Gasteiger partial charge in [-0.15, -0.1) is 0 Å². The number of nitro benzene ring substituents is 1. The molecule has 8 nitrogen and oxygen atoms in total. The molecule has 0 aliphatic carbocycles. The molecule has 0 aliphatic rings. The van der Waals surface area contributed by atoms with Gasteiger partial charge in [0.2, 0.25) is 0 Å². The summed E-state index contributed by atoms with van der Waals surface area (Å²) >= 11 is 0. The van der Waals surface area contributed by atoms with Crippen LogP contribution in [-0.4, -0.2) is 27.7 Å². The number of H-pyrrole nitrogens is 1. The molecule has 0 amide bonds. The Balaban J connectivity index is 2.05. The quantitative estimate of drug-likeness (QED) is 0.428. The lowest BCUT2D eigenvalue weighted by Gasteiger charge is -2.08. The van der Waals surface area contributed by atoms with Crippen LogP contribution in [0.2, 0.25) is 0 Å². The van der Waals surface area contributed by atoms with Crippen LogP contribution in [0.1, 0.15) is 28.5 Å². The predicted molar refractivity (Wildman–Crippen MR) is 94.2 cm³/mol. The molecule has 0 saturated heterocycles. The number of benzene rings is 2. The van der Waals surface area contributed by atoms with Gasteiger partial charge < -0.3 is 4.74 Å². The van der Waals surface area contributed by atoms with Crippen molar-refractivity contribution in [2.24, 2.45) is 0 Å². The summed E-state index contributed by atoms with van der Waals surface area (Å²) in [5.41, 5.74) is 0.530. The van der Waals surface area contributed by atoms with E-state index in [9.17, 15) is 19.7 Å². The average molecular weight is 353 g/mol. The second-order valence-corrected chi connectivity index (χ2v) is 5.55. The molecule has 2 aromatic carbocycles. The van der Waals surface area contributed by atoms with Crippen LogP contribution in [-0.2, 0) is 11.2 Å². The van der Waals surface area contributed by atoms with Crippen LogP contribution in [0.4, 0.5) is 5.69 Å². The maximum absolute atomic E-state index is 12.0. The maximum Gasteiger partial charge on any atom is 0.345 e. The molecule has 0 saturated carbocycles. The van der Waals surface area contributed by atoms with E-state index in [1.165, 1.54) is 12.1 Å². The van der Waals surface area contributed by atoms with Gasteiger partial charge >= 0.3 is 5.97 Å². The van der Waals surface area contributed by atoms with Gasteiger partial charge in [-0.3, -0.25) is 14.9 Å². The number of ether oxygens (including phenoxy) is 1. The van der Waals surface area contributed by atoms with Gasteiger partial charge in [-0.25, -0.2) is 9.89 Å². The number of esters is 1. The number of nitro groups is 1. The molecule has 0 spiro atoms. The molecular formula is C18H15N3O5. The minimum absolute atomic E-state index is 0.108. The van der Waals surface area contributed by atoms with Crippen molar-refractivity contribution in [3.05, 3.63) is 79.8 Å². The normalized spacial score (nSPS) is 10.7. The summed E-state index contributed by atoms with van der Waals surface area (Å²) in [5.74, 6) is -0.750. The molecule has 1 heterocycles. The van der Waals surface area contributed by atoms with E-state index >= 15 is 0 Å². The van der Waals surface area contributed by atoms with Gasteiger partial charge in [-0.1, -0.05) is 24.3 Å². The van der Waals surface area contributed by atoms with Crippen molar-refractivity contribution in [3.63, 3.8) is 0 Å². The van der Waals surface area contributed by atoms with Gasteiger partial charge in [0.1, 0.15) is 5.56 Å². The van der Waals surface area contributed by atoms with Gasteiger partial charge in [0.25, 0.3) is 11.2 Å². The van der Waals surface area contributed by atoms with Crippen LogP contribution in [0.3, 0.4) is 0 Å². The Morgan fingerprint density at radius 3 is 2.65 bits per heavy atom. The summed E-state index contributed by atoms with van der Waals surface area (Å²) in [6.07, 6.45) is 0.293. The highest BCUT2D eigenvalue weighted by atomic mass is 16.6. The fraction of sp³-hybridized carbons (Fsp3) is 0.167. The Morgan fingerprint density at radius 1 is 1.23 bits per heavy atom. The number of aromatic nitrogens is 2. The fourth-order valence-electron chi connectivity index (χ4n) is 2.72. The number of carbonyl (C=O) groups is 1. The van der Waals surface area contributed by atoms with Crippen LogP contribution in [0.5, 0.6) is 0 Å². The van der Waals surface area contributed by atoms with E-state index < -0.39 is 10.9 Å². The zero-order valence-electron chi connectivity index (χ0n) is 13.9. The first-order valence-electron chi connectivity index (χ1n) is 7.92. The lowest BCUT2D eigenvalue weighted by Crippen LogP contribution is -2.12. The van der Waals surface area contributed by atoms with Gasteiger partial charge in [-0.05, 0) is 24.6 Å². The largest absolute Gasteiger partial charge is 0.462 e. The van der Waals surface area contributed by atoms with Crippen LogP contribution in [0.15, 0.2) is 47.3 Å². The zero-order valence-corrected chi connectivity index (χ0v) is 13.9. The Kier molecular flexibility index (Phi) is 4.74. The Bertz CT molecular complexity index is 1060. The van der Waals surface area contributed by atoms with Crippen molar-refractivity contribution < 1.29 is 14.5 Å². The molecule has 26 heavy (non-hydrogen) atoms. The number of rotatable bonds is 5. The number of aromatic amines is 1. The van der Waals surface area contributed by atoms with Crippen molar-refractivity contribution >= 4 is 22.4 Å². The van der Waals surface area contributed by atoms with Gasteiger partial charge in [0, 0.05) is 17.9 Å². The number of nitrogens with one attached hydrogen (secondary N) is 1. The molecule has 1 N–H and O–H groups in total. The van der Waals surface area contributed by atoms with Crippen molar-refractivity contribution in [1.82, 2.24) is 10.2 Å². The topological polar surface area (TPSA) is 115 Å². The summed E-state index contributed by atoms with van der Waals surface area (Å²) in [5, 5.41) is 18.9. The highest BCUT2D eigenvalue weighted by molar-refractivity contribution is 5.94. The summed E-state index contributed by atoms with van der Waals surface area (Å²) in [7, 11) is 0. The smallest absolute Gasteiger partial charge is 0.345 e. The summed E-state index contributed by atoms with van der Waals surface area (Å²) in [4.78, 5) is 34.4. The van der Waals surface area contributed by atoms with Crippen LogP contribution in [0.25, 0.3) is 10.8 Å². The molecule has 0 atom stereocenters. The number of carbonyl (C=O) groups excluding carboxylic acids is 1. The van der Waals surface area contributed by atoms with E-state index in [1.807, 2.05) is 0 Å². The molecule has 1 aromatic heterocycles. The van der Waals surface area contributed by atoms with E-state index in [0.717, 1.165) is 0 Å². The van der Waals surface area contributed by atoms with Crippen molar-refractivity contribution in [3.8, 4) is 0 Å². The molecule has 8 heteroatoms. The van der Waals surface area contributed by atoms with E-state index in [0.29, 0.717) is 28.5 Å². The molecular weight excluding hydrogens is 338 g/mol. The van der Waals surface area contributed by atoms with Crippen molar-refractivity contribution in [2.45, 2.75) is 13.3 Å². The third-order valence-electron chi connectivity index (χ3n) is 3.90. The van der Waals surface area contributed by atoms with Gasteiger partial charge in [-0.2, -0.15) is 5.10 Å². The second kappa shape index (κ2) is 7.14. The number of fused-ring (bicyclic) bond motifs is 1. The van der Waals surface area contributed by atoms with Gasteiger partial charge in [0.05, 0.1) is 22.6 Å². The SMILES string of the molecule is CCOC(=O)c1cc(Cc2n[nH]c(=O)c3ccccc23)ccc1[N+](=O)[O-]. The number of hydrogen-bond acceptors (Lipinski definition) is 6. The average Bonchev–Trinajstić information content (AvgIpc) is 2.64. The van der Waals surface area contributed by atoms with Crippen molar-refractivity contribution in [2.75, 3.05) is 6.61 Å². The molecule has 0 fully saturated rings. The Labute approximate surface area is 147 Å². The summed E-state index contributed by atoms with van der Waals surface area (Å²) in [6, 6.07) is 11.3. The lowest BCUT2D eigenvalue weighted by atomic mass is 10.0. The van der Waals surface area contributed by atoms with Crippen molar-refractivity contribution in [1.29, 1.82) is 0 Å². The zero-order chi connectivity index (χ0) is 18.7.